The first-order valence-electron chi connectivity index (χ1n) is 7.29. The molecule has 1 aliphatic rings. The van der Waals surface area contributed by atoms with Gasteiger partial charge in [0.25, 0.3) is 0 Å². The first-order valence-corrected chi connectivity index (χ1v) is 7.29. The van der Waals surface area contributed by atoms with Crippen molar-refractivity contribution >= 4 is 11.7 Å². The molecule has 3 nitrogen and oxygen atoms in total. The summed E-state index contributed by atoms with van der Waals surface area (Å²) in [5, 5.41) is 0. The number of carbonyl (C=O) groups excluding carboxylic acids is 1. The highest BCUT2D eigenvalue weighted by atomic mass is 16.5. The monoisotopic (exact) mass is 281 g/mol. The zero-order valence-corrected chi connectivity index (χ0v) is 12.3. The summed E-state index contributed by atoms with van der Waals surface area (Å²) in [7, 11) is 0. The molecule has 3 rings (SSSR count). The van der Waals surface area contributed by atoms with E-state index in [2.05, 4.69) is 48.2 Å². The SMILES string of the molecule is CCOC(=O)C1C(c2ccccc2)N1c1ccc(C)cc1. The van der Waals surface area contributed by atoms with E-state index in [1.807, 2.05) is 25.1 Å². The van der Waals surface area contributed by atoms with Gasteiger partial charge < -0.3 is 9.64 Å². The summed E-state index contributed by atoms with van der Waals surface area (Å²) in [5.74, 6) is -0.146. The molecule has 2 aromatic rings. The summed E-state index contributed by atoms with van der Waals surface area (Å²) < 4.78 is 5.21. The minimum atomic E-state index is -0.213. The fourth-order valence-corrected chi connectivity index (χ4v) is 2.73. The van der Waals surface area contributed by atoms with Crippen LogP contribution in [0, 0.1) is 6.92 Å². The van der Waals surface area contributed by atoms with E-state index in [4.69, 9.17) is 4.74 Å². The number of nitrogens with zero attached hydrogens (tertiary/aromatic N) is 1. The zero-order valence-electron chi connectivity index (χ0n) is 12.3. The maximum absolute atomic E-state index is 12.2. The van der Waals surface area contributed by atoms with Crippen LogP contribution in [0.1, 0.15) is 24.1 Å². The zero-order chi connectivity index (χ0) is 14.8. The first-order chi connectivity index (χ1) is 10.2. The third-order valence-electron chi connectivity index (χ3n) is 3.81. The minimum absolute atomic E-state index is 0.0768. The van der Waals surface area contributed by atoms with Crippen LogP contribution in [0.2, 0.25) is 0 Å². The molecule has 1 aliphatic heterocycles. The molecule has 0 radical (unpaired) electrons. The van der Waals surface area contributed by atoms with E-state index in [1.54, 1.807) is 0 Å². The van der Waals surface area contributed by atoms with Crippen molar-refractivity contribution < 1.29 is 9.53 Å². The van der Waals surface area contributed by atoms with E-state index in [0.717, 1.165) is 11.3 Å². The van der Waals surface area contributed by atoms with Crippen LogP contribution in [0.5, 0.6) is 0 Å². The predicted molar refractivity (Wildman–Crippen MR) is 83.3 cm³/mol. The minimum Gasteiger partial charge on any atom is -0.464 e. The van der Waals surface area contributed by atoms with E-state index in [9.17, 15) is 4.79 Å². The van der Waals surface area contributed by atoms with Gasteiger partial charge in [0.05, 0.1) is 12.6 Å². The van der Waals surface area contributed by atoms with Gasteiger partial charge in [-0.1, -0.05) is 48.0 Å². The van der Waals surface area contributed by atoms with Gasteiger partial charge in [0.2, 0.25) is 0 Å². The van der Waals surface area contributed by atoms with Gasteiger partial charge in [0.1, 0.15) is 0 Å². The number of hydrogen-bond donors (Lipinski definition) is 0. The molecule has 1 fully saturated rings. The van der Waals surface area contributed by atoms with Gasteiger partial charge in [-0.05, 0) is 31.5 Å². The van der Waals surface area contributed by atoms with Crippen LogP contribution in [-0.2, 0) is 9.53 Å². The normalized spacial score (nSPS) is 20.2. The number of ether oxygens (including phenoxy) is 1. The van der Waals surface area contributed by atoms with Crippen molar-refractivity contribution in [2.24, 2.45) is 0 Å². The lowest BCUT2D eigenvalue weighted by atomic mass is 10.1. The third kappa shape index (κ3) is 2.64. The molecular formula is C18H19NO2. The average Bonchev–Trinajstić information content (AvgIpc) is 3.25. The Morgan fingerprint density at radius 3 is 2.38 bits per heavy atom. The largest absolute Gasteiger partial charge is 0.464 e. The lowest BCUT2D eigenvalue weighted by Gasteiger charge is -2.06. The maximum Gasteiger partial charge on any atom is 0.331 e. The molecule has 2 aromatic carbocycles. The Balaban J connectivity index is 1.89. The van der Waals surface area contributed by atoms with Crippen molar-refractivity contribution in [2.75, 3.05) is 11.5 Å². The van der Waals surface area contributed by atoms with Crippen molar-refractivity contribution in [3.8, 4) is 0 Å². The van der Waals surface area contributed by atoms with E-state index in [1.165, 1.54) is 5.56 Å². The second-order valence-electron chi connectivity index (χ2n) is 5.30. The maximum atomic E-state index is 12.2. The summed E-state index contributed by atoms with van der Waals surface area (Å²) in [5.41, 5.74) is 3.42. The van der Waals surface area contributed by atoms with Crippen molar-refractivity contribution in [3.05, 3.63) is 65.7 Å². The predicted octanol–water partition coefficient (Wildman–Crippen LogP) is 3.49. The number of carbonyl (C=O) groups is 1. The van der Waals surface area contributed by atoms with Crippen molar-refractivity contribution in [1.82, 2.24) is 0 Å². The van der Waals surface area contributed by atoms with Crippen molar-refractivity contribution in [2.45, 2.75) is 25.9 Å². The van der Waals surface area contributed by atoms with Gasteiger partial charge >= 0.3 is 5.97 Å². The van der Waals surface area contributed by atoms with Crippen LogP contribution in [0.3, 0.4) is 0 Å². The standard InChI is InChI=1S/C18H19NO2/c1-3-21-18(20)17-16(14-7-5-4-6-8-14)19(17)15-11-9-13(2)10-12-15/h4-12,16-17H,3H2,1-2H3. The quantitative estimate of drug-likeness (QED) is 0.634. The van der Waals surface area contributed by atoms with Gasteiger partial charge in [-0.2, -0.15) is 0 Å². The molecule has 1 heterocycles. The van der Waals surface area contributed by atoms with Crippen LogP contribution in [-0.4, -0.2) is 18.6 Å². The Bertz CT molecular complexity index is 621. The molecule has 0 spiro atoms. The molecule has 2 atom stereocenters. The van der Waals surface area contributed by atoms with Crippen LogP contribution in [0.15, 0.2) is 54.6 Å². The Morgan fingerprint density at radius 1 is 1.10 bits per heavy atom. The average molecular weight is 281 g/mol. The fraction of sp³-hybridized carbons (Fsp3) is 0.278. The summed E-state index contributed by atoms with van der Waals surface area (Å²) in [6, 6.07) is 18.2. The Kier molecular flexibility index (Phi) is 3.65. The van der Waals surface area contributed by atoms with E-state index in [0.29, 0.717) is 6.61 Å². The molecule has 3 heteroatoms. The molecule has 2 unspecified atom stereocenters. The summed E-state index contributed by atoms with van der Waals surface area (Å²) in [6.45, 7) is 4.32. The van der Waals surface area contributed by atoms with Crippen LogP contribution in [0.25, 0.3) is 0 Å². The van der Waals surface area contributed by atoms with Crippen LogP contribution >= 0.6 is 0 Å². The highest BCUT2D eigenvalue weighted by molar-refractivity contribution is 5.88. The second-order valence-corrected chi connectivity index (χ2v) is 5.30. The van der Waals surface area contributed by atoms with Gasteiger partial charge in [-0.15, -0.1) is 0 Å². The van der Waals surface area contributed by atoms with Crippen LogP contribution in [0.4, 0.5) is 5.69 Å². The molecule has 0 amide bonds. The summed E-state index contributed by atoms with van der Waals surface area (Å²) in [4.78, 5) is 14.3. The molecule has 108 valence electrons. The topological polar surface area (TPSA) is 29.3 Å². The van der Waals surface area contributed by atoms with E-state index < -0.39 is 0 Å². The number of hydrogen-bond acceptors (Lipinski definition) is 3. The number of anilines is 1. The van der Waals surface area contributed by atoms with Gasteiger partial charge in [-0.25, -0.2) is 4.79 Å². The van der Waals surface area contributed by atoms with Gasteiger partial charge in [0.15, 0.2) is 6.04 Å². The summed E-state index contributed by atoms with van der Waals surface area (Å²) >= 11 is 0. The third-order valence-corrected chi connectivity index (χ3v) is 3.81. The summed E-state index contributed by atoms with van der Waals surface area (Å²) in [6.07, 6.45) is 0. The lowest BCUT2D eigenvalue weighted by Crippen LogP contribution is -2.15. The highest BCUT2D eigenvalue weighted by Crippen LogP contribution is 2.47. The lowest BCUT2D eigenvalue weighted by molar-refractivity contribution is -0.142. The smallest absolute Gasteiger partial charge is 0.331 e. The molecule has 0 N–H and O–H groups in total. The van der Waals surface area contributed by atoms with E-state index in [-0.39, 0.29) is 18.1 Å². The molecular weight excluding hydrogens is 262 g/mol. The molecule has 0 aliphatic carbocycles. The van der Waals surface area contributed by atoms with Crippen LogP contribution < -0.4 is 4.90 Å². The number of benzene rings is 2. The fourth-order valence-electron chi connectivity index (χ4n) is 2.73. The molecule has 1 saturated heterocycles. The number of rotatable bonds is 4. The number of esters is 1. The molecule has 0 saturated carbocycles. The Hall–Kier alpha value is -2.29. The van der Waals surface area contributed by atoms with Crippen molar-refractivity contribution in [1.29, 1.82) is 0 Å². The Labute approximate surface area is 125 Å². The molecule has 0 bridgehead atoms. The van der Waals surface area contributed by atoms with Gasteiger partial charge in [-0.3, -0.25) is 0 Å². The number of aryl methyl sites for hydroxylation is 1. The first kappa shape index (κ1) is 13.7. The molecule has 21 heavy (non-hydrogen) atoms. The second kappa shape index (κ2) is 5.60. The van der Waals surface area contributed by atoms with Gasteiger partial charge in [0, 0.05) is 5.69 Å². The highest BCUT2D eigenvalue weighted by Gasteiger charge is 2.54. The molecule has 0 aromatic heterocycles. The van der Waals surface area contributed by atoms with E-state index >= 15 is 0 Å². The Morgan fingerprint density at radius 2 is 1.76 bits per heavy atom. The van der Waals surface area contributed by atoms with Crippen molar-refractivity contribution in [3.63, 3.8) is 0 Å².